The molecule has 1 aliphatic heterocycles. The zero-order chi connectivity index (χ0) is 68.1. The summed E-state index contributed by atoms with van der Waals surface area (Å²) in [6.45, 7) is 0.799. The number of aldehydes is 2. The minimum absolute atomic E-state index is 0.00546. The van der Waals surface area contributed by atoms with E-state index in [1.807, 2.05) is 31.2 Å². The SMILES string of the molecule is CCCC[C@@H](C(=O)N1C[C@H](O)C[C@@H]1C(=O)N[C@H](C=O)CC(=O)O)N(C)C(=O)[C@H](Cc1ccccc1)N(C)C(=O)[C@H](Cc1cc(F)c(F)c(F)c1)NC(=O)CSC[C@@H](C=O)NC(=O)[C@H](CCO)NC(=O)[C@H](Cc1ccc(O)cc1)NC(=O)[C@@H](N)Cc1c[nH]c2ccccc12. The van der Waals surface area contributed by atoms with Crippen LogP contribution in [-0.4, -0.2) is 205 Å². The first-order chi connectivity index (χ1) is 44.4. The zero-order valence-electron chi connectivity index (χ0n) is 51.3. The normalized spacial score (nSPS) is 16.2. The van der Waals surface area contributed by atoms with Crippen LogP contribution in [0, 0.1) is 17.5 Å². The Balaban J connectivity index is 1.17. The number of thioether (sulfide) groups is 1. The number of hydrogen-bond donors (Lipinski definition) is 11. The molecule has 0 saturated carbocycles. The number of carboxylic acids is 1. The molecule has 500 valence electrons. The number of unbranched alkanes of at least 4 members (excludes halogenated alkanes) is 1. The van der Waals surface area contributed by atoms with Gasteiger partial charge >= 0.3 is 5.97 Å². The first-order valence-corrected chi connectivity index (χ1v) is 31.1. The van der Waals surface area contributed by atoms with E-state index in [-0.39, 0.29) is 68.4 Å². The van der Waals surface area contributed by atoms with Gasteiger partial charge in [-0.2, -0.15) is 0 Å². The highest BCUT2D eigenvalue weighted by Crippen LogP contribution is 2.26. The lowest BCUT2D eigenvalue weighted by atomic mass is 9.99. The van der Waals surface area contributed by atoms with Gasteiger partial charge in [0.1, 0.15) is 54.6 Å². The molecule has 93 heavy (non-hydrogen) atoms. The number of likely N-dealkylation sites (tertiary alicyclic amines) is 1. The molecule has 1 aliphatic rings. The number of rotatable bonds is 35. The average Bonchev–Trinajstić information content (AvgIpc) is 1.80. The van der Waals surface area contributed by atoms with E-state index in [1.54, 1.807) is 36.5 Å². The number of nitrogens with one attached hydrogen (secondary N) is 6. The monoisotopic (exact) mass is 1310 g/mol. The summed E-state index contributed by atoms with van der Waals surface area (Å²) in [7, 11) is 2.50. The molecule has 0 unspecified atom stereocenters. The summed E-state index contributed by atoms with van der Waals surface area (Å²) >= 11 is 0.771. The van der Waals surface area contributed by atoms with E-state index in [4.69, 9.17) is 5.73 Å². The third-order valence-electron chi connectivity index (χ3n) is 15.7. The van der Waals surface area contributed by atoms with Crippen molar-refractivity contribution in [3.63, 3.8) is 0 Å². The van der Waals surface area contributed by atoms with Crippen molar-refractivity contribution in [3.8, 4) is 5.75 Å². The van der Waals surface area contributed by atoms with E-state index in [1.165, 1.54) is 38.4 Å². The Bertz CT molecular complexity index is 3440. The van der Waals surface area contributed by atoms with E-state index in [0.29, 0.717) is 42.4 Å². The number of carboxylic acid groups (broad SMARTS) is 1. The van der Waals surface area contributed by atoms with Gasteiger partial charge in [-0.15, -0.1) is 11.8 Å². The molecule has 2 heterocycles. The quantitative estimate of drug-likeness (QED) is 0.0200. The number of phenolic OH excluding ortho intramolecular Hbond substituents is 1. The summed E-state index contributed by atoms with van der Waals surface area (Å²) in [5.41, 5.74) is 8.61. The highest BCUT2D eigenvalue weighted by Gasteiger charge is 2.45. The Kier molecular flexibility index (Phi) is 27.4. The lowest BCUT2D eigenvalue weighted by Crippen LogP contribution is -2.59. The van der Waals surface area contributed by atoms with Gasteiger partial charge < -0.3 is 82.0 Å². The van der Waals surface area contributed by atoms with E-state index < -0.39 is 156 Å². The van der Waals surface area contributed by atoms with Crippen LogP contribution in [0.15, 0.2) is 97.2 Å². The molecular weight excluding hydrogens is 1240 g/mol. The molecule has 8 amide bonds. The van der Waals surface area contributed by atoms with Crippen molar-refractivity contribution >= 4 is 88.5 Å². The molecule has 10 atom stereocenters. The van der Waals surface area contributed by atoms with Crippen LogP contribution in [-0.2, 0) is 78.4 Å². The van der Waals surface area contributed by atoms with Crippen LogP contribution in [0.25, 0.3) is 10.9 Å². The number of aromatic amines is 1. The Morgan fingerprint density at radius 1 is 0.720 bits per heavy atom. The average molecular weight is 1320 g/mol. The summed E-state index contributed by atoms with van der Waals surface area (Å²) in [5.74, 6) is -14.4. The maximum atomic E-state index is 15.1. The number of halogens is 3. The fourth-order valence-electron chi connectivity index (χ4n) is 10.7. The van der Waals surface area contributed by atoms with Gasteiger partial charge in [-0.1, -0.05) is 80.4 Å². The lowest BCUT2D eigenvalue weighted by molar-refractivity contribution is -0.152. The van der Waals surface area contributed by atoms with Gasteiger partial charge in [-0.3, -0.25) is 43.2 Å². The van der Waals surface area contributed by atoms with E-state index >= 15 is 4.79 Å². The standard InChI is InChI=1S/C64H77F3N10O15S/c1-4-5-15-52(64(92)77-31-43(82)29-53(77)61(89)70-40(32-79)28-56(84)85)75(2)63(91)54(26-36-11-7-6-8-12-36)76(3)62(90)51(25-38-22-45(65)57(67)46(66)23-38)72-55(83)35-93-34-41(33-80)71-59(87)49(20-21-78)73-60(88)50(24-37-16-18-42(81)19-17-37)74-58(86)47(68)27-39-30-69-48-14-10-9-13-44(39)48/h6-14,16-19,22-23,30,32-33,40-41,43,47,49-54,69,78,81-82H,4-5,15,20-21,24-29,31,34-35,68H2,1-3H3,(H,70,89)(H,71,87)(H,72,83)(H,73,88)(H,74,86)(H,84,85)/t40-,41+,43+,47-,49-,50-,51-,52-,53+,54-/m0/s1. The summed E-state index contributed by atoms with van der Waals surface area (Å²) in [6, 6.07) is 9.81. The fourth-order valence-corrected chi connectivity index (χ4v) is 11.5. The zero-order valence-corrected chi connectivity index (χ0v) is 52.1. The summed E-state index contributed by atoms with van der Waals surface area (Å²) in [4.78, 5) is 155. The number of likely N-dealkylation sites (N-methyl/N-ethyl adjacent to an activating group) is 2. The second-order valence-electron chi connectivity index (χ2n) is 22.6. The molecule has 29 heteroatoms. The van der Waals surface area contributed by atoms with E-state index in [0.717, 1.165) is 42.9 Å². The molecule has 25 nitrogen and oxygen atoms in total. The number of aliphatic carboxylic acids is 1. The predicted octanol–water partition coefficient (Wildman–Crippen LogP) is 1.11. The molecule has 1 aromatic heterocycles. The highest BCUT2D eigenvalue weighted by atomic mass is 32.2. The summed E-state index contributed by atoms with van der Waals surface area (Å²) in [6.07, 6.45) is -0.501. The first-order valence-electron chi connectivity index (χ1n) is 30.0. The fraction of sp³-hybridized carbons (Fsp3) is 0.422. The van der Waals surface area contributed by atoms with Gasteiger partial charge in [0.05, 0.1) is 36.4 Å². The largest absolute Gasteiger partial charge is 0.508 e. The third-order valence-corrected chi connectivity index (χ3v) is 16.8. The van der Waals surface area contributed by atoms with Crippen LogP contribution >= 0.6 is 11.8 Å². The predicted molar refractivity (Wildman–Crippen MR) is 334 cm³/mol. The number of nitrogens with zero attached hydrogens (tertiary/aromatic N) is 3. The van der Waals surface area contributed by atoms with Crippen molar-refractivity contribution in [2.45, 2.75) is 132 Å². The number of hydrogen-bond acceptors (Lipinski definition) is 16. The number of phenols is 1. The first kappa shape index (κ1) is 72.9. The molecule has 0 aliphatic carbocycles. The van der Waals surface area contributed by atoms with Crippen LogP contribution in [0.2, 0.25) is 0 Å². The van der Waals surface area contributed by atoms with Crippen molar-refractivity contribution in [1.82, 2.24) is 46.3 Å². The molecular formula is C64H77F3N10O15S. The maximum absolute atomic E-state index is 15.1. The number of aliphatic hydroxyl groups is 2. The number of fused-ring (bicyclic) bond motifs is 1. The summed E-state index contributed by atoms with van der Waals surface area (Å²) in [5, 5.41) is 53.1. The molecule has 12 N–H and O–H groups in total. The number of β-amino-alcohol motifs (C(OH)–C–C–N with tert-alkyl or cyclic N) is 1. The van der Waals surface area contributed by atoms with Gasteiger partial charge in [-0.05, 0) is 71.8 Å². The topological polar surface area (TPSA) is 380 Å². The number of aromatic nitrogens is 1. The molecule has 1 fully saturated rings. The minimum Gasteiger partial charge on any atom is -0.508 e. The van der Waals surface area contributed by atoms with Crippen molar-refractivity contribution < 1.29 is 86.3 Å². The number of aromatic hydroxyl groups is 1. The lowest BCUT2D eigenvalue weighted by Gasteiger charge is -2.37. The Morgan fingerprint density at radius 2 is 1.33 bits per heavy atom. The van der Waals surface area contributed by atoms with Crippen LogP contribution in [0.4, 0.5) is 13.2 Å². The molecule has 4 aromatic carbocycles. The number of H-pyrrole nitrogens is 1. The number of nitrogens with two attached hydrogens (primary N) is 1. The van der Waals surface area contributed by atoms with Gasteiger partial charge in [0.15, 0.2) is 17.5 Å². The summed E-state index contributed by atoms with van der Waals surface area (Å²) < 4.78 is 43.8. The molecule has 0 radical (unpaired) electrons. The number of carbonyl (C=O) groups excluding carboxylic acids is 10. The number of carbonyl (C=O) groups is 11. The smallest absolute Gasteiger partial charge is 0.305 e. The van der Waals surface area contributed by atoms with Crippen molar-refractivity contribution in [3.05, 3.63) is 137 Å². The van der Waals surface area contributed by atoms with Crippen LogP contribution in [0.5, 0.6) is 5.75 Å². The van der Waals surface area contributed by atoms with Crippen LogP contribution in [0.3, 0.4) is 0 Å². The molecule has 0 spiro atoms. The maximum Gasteiger partial charge on any atom is 0.305 e. The van der Waals surface area contributed by atoms with Gasteiger partial charge in [0, 0.05) is 75.8 Å². The minimum atomic E-state index is -1.82. The Labute approximate surface area is 537 Å². The number of para-hydroxylation sites is 1. The van der Waals surface area contributed by atoms with Gasteiger partial charge in [0.25, 0.3) is 0 Å². The second kappa shape index (κ2) is 35.0. The molecule has 6 rings (SSSR count). The van der Waals surface area contributed by atoms with Crippen LogP contribution in [0.1, 0.15) is 67.7 Å². The van der Waals surface area contributed by atoms with E-state index in [2.05, 4.69) is 31.6 Å². The number of benzene rings is 4. The highest BCUT2D eigenvalue weighted by molar-refractivity contribution is 8.00. The Morgan fingerprint density at radius 3 is 1.98 bits per heavy atom. The van der Waals surface area contributed by atoms with E-state index in [9.17, 15) is 81.5 Å². The van der Waals surface area contributed by atoms with Crippen molar-refractivity contribution in [1.29, 1.82) is 0 Å². The number of aliphatic hydroxyl groups excluding tert-OH is 2. The van der Waals surface area contributed by atoms with Gasteiger partial charge in [-0.25, -0.2) is 13.2 Å². The second-order valence-corrected chi connectivity index (χ2v) is 23.7. The van der Waals surface area contributed by atoms with Crippen molar-refractivity contribution in [2.24, 2.45) is 5.73 Å². The Hall–Kier alpha value is -9.19. The third kappa shape index (κ3) is 20.7. The molecule has 1 saturated heterocycles. The van der Waals surface area contributed by atoms with Crippen LogP contribution < -0.4 is 32.3 Å². The van der Waals surface area contributed by atoms with Gasteiger partial charge in [0.2, 0.25) is 47.3 Å². The molecule has 0 bridgehead atoms. The number of amides is 8. The van der Waals surface area contributed by atoms with Crippen molar-refractivity contribution in [2.75, 3.05) is 38.8 Å². The molecule has 5 aromatic rings.